The third-order valence-electron chi connectivity index (χ3n) is 2.26. The van der Waals surface area contributed by atoms with Crippen molar-refractivity contribution in [3.8, 4) is 6.19 Å². The maximum atomic E-state index is 8.57. The van der Waals surface area contributed by atoms with Crippen molar-refractivity contribution < 1.29 is 0 Å². The predicted molar refractivity (Wildman–Crippen MR) is 76.1 cm³/mol. The summed E-state index contributed by atoms with van der Waals surface area (Å²) in [6, 6.07) is 7.49. The normalized spacial score (nSPS) is 11.3. The fraction of sp³-hybridized carbons (Fsp3) is 0.0833. The summed E-state index contributed by atoms with van der Waals surface area (Å²) in [6.07, 6.45) is 5.41. The molecule has 0 atom stereocenters. The largest absolute Gasteiger partial charge is 0.271 e. The molecule has 2 rings (SSSR count). The van der Waals surface area contributed by atoms with Gasteiger partial charge in [0, 0.05) is 11.6 Å². The molecule has 0 spiro atoms. The lowest BCUT2D eigenvalue weighted by molar-refractivity contribution is 1.28. The molecule has 1 aromatic heterocycles. The van der Waals surface area contributed by atoms with Crippen molar-refractivity contribution in [1.82, 2.24) is 10.3 Å². The van der Waals surface area contributed by atoms with Crippen molar-refractivity contribution >= 4 is 45.0 Å². The topological polar surface area (TPSA) is 61.1 Å². The van der Waals surface area contributed by atoms with Crippen molar-refractivity contribution in [3.63, 3.8) is 0 Å². The van der Waals surface area contributed by atoms with Gasteiger partial charge in [-0.25, -0.2) is 9.98 Å². The van der Waals surface area contributed by atoms with Crippen molar-refractivity contribution in [2.24, 2.45) is 4.99 Å². The van der Waals surface area contributed by atoms with Crippen LogP contribution in [0.2, 0.25) is 5.15 Å². The van der Waals surface area contributed by atoms with Gasteiger partial charge in [-0.05, 0) is 29.8 Å². The number of pyridine rings is 1. The summed E-state index contributed by atoms with van der Waals surface area (Å²) in [5.41, 5.74) is 0.763. The van der Waals surface area contributed by atoms with Crippen LogP contribution < -0.4 is 5.32 Å². The van der Waals surface area contributed by atoms with Gasteiger partial charge < -0.3 is 0 Å². The number of halogens is 1. The quantitative estimate of drug-likeness (QED) is 0.285. The van der Waals surface area contributed by atoms with E-state index in [-0.39, 0.29) is 0 Å². The number of hydrogen-bond donors (Lipinski definition) is 1. The van der Waals surface area contributed by atoms with Crippen LogP contribution in [0.3, 0.4) is 0 Å². The zero-order valence-electron chi connectivity index (χ0n) is 9.51. The lowest BCUT2D eigenvalue weighted by atomic mass is 10.1. The first-order chi connectivity index (χ1) is 8.72. The molecule has 18 heavy (non-hydrogen) atoms. The van der Waals surface area contributed by atoms with E-state index in [9.17, 15) is 0 Å². The monoisotopic (exact) mass is 276 g/mol. The lowest BCUT2D eigenvalue weighted by Crippen LogP contribution is -2.12. The molecule has 0 aliphatic rings. The van der Waals surface area contributed by atoms with Gasteiger partial charge in [-0.1, -0.05) is 29.4 Å². The van der Waals surface area contributed by atoms with Crippen LogP contribution in [0.5, 0.6) is 0 Å². The van der Waals surface area contributed by atoms with E-state index < -0.39 is 0 Å². The summed E-state index contributed by atoms with van der Waals surface area (Å²) >= 11 is 7.20. The maximum absolute atomic E-state index is 8.57. The molecule has 90 valence electrons. The minimum Gasteiger partial charge on any atom is -0.271 e. The van der Waals surface area contributed by atoms with Crippen molar-refractivity contribution in [3.05, 3.63) is 35.6 Å². The number of nitrogens with one attached hydrogen (secondary N) is 1. The van der Waals surface area contributed by atoms with E-state index >= 15 is 0 Å². The van der Waals surface area contributed by atoms with Crippen LogP contribution in [-0.4, -0.2) is 16.4 Å². The molecule has 1 N–H and O–H groups in total. The number of fused-ring (bicyclic) bond motifs is 1. The fourth-order valence-electron chi connectivity index (χ4n) is 1.46. The molecule has 2 aromatic rings. The molecule has 0 aliphatic carbocycles. The van der Waals surface area contributed by atoms with E-state index in [1.165, 1.54) is 11.8 Å². The molecule has 0 amide bonds. The van der Waals surface area contributed by atoms with Gasteiger partial charge in [-0.3, -0.25) is 5.32 Å². The number of amidine groups is 1. The van der Waals surface area contributed by atoms with Crippen LogP contribution in [0.4, 0.5) is 5.69 Å². The summed E-state index contributed by atoms with van der Waals surface area (Å²) < 4.78 is 0. The first kappa shape index (κ1) is 12.7. The molecule has 0 unspecified atom stereocenters. The molecule has 0 aliphatic heterocycles. The van der Waals surface area contributed by atoms with Crippen LogP contribution in [-0.2, 0) is 0 Å². The molecular formula is C12H9ClN4S. The summed E-state index contributed by atoms with van der Waals surface area (Å²) in [5.74, 6) is 0. The zero-order chi connectivity index (χ0) is 13.0. The van der Waals surface area contributed by atoms with Gasteiger partial charge in [0.2, 0.25) is 0 Å². The van der Waals surface area contributed by atoms with Gasteiger partial charge in [-0.15, -0.1) is 0 Å². The third kappa shape index (κ3) is 2.92. The molecule has 0 radical (unpaired) electrons. The Balaban J connectivity index is 2.41. The van der Waals surface area contributed by atoms with Gasteiger partial charge in [0.05, 0.1) is 5.69 Å². The first-order valence-corrected chi connectivity index (χ1v) is 6.66. The average Bonchev–Trinajstić information content (AvgIpc) is 2.38. The van der Waals surface area contributed by atoms with E-state index in [1.54, 1.807) is 12.3 Å². The Hall–Kier alpha value is -1.77. The maximum Gasteiger partial charge on any atom is 0.183 e. The number of nitriles is 1. The smallest absolute Gasteiger partial charge is 0.183 e. The summed E-state index contributed by atoms with van der Waals surface area (Å²) in [5, 5.41) is 14.1. The molecular weight excluding hydrogens is 268 g/mol. The standard InChI is InChI=1S/C12H9ClN4S/c1-18-12(16-7-14)17-10-3-2-8-5-11(13)15-6-9(8)4-10/h2-6H,1H3,(H,16,17). The van der Waals surface area contributed by atoms with Gasteiger partial charge in [0.15, 0.2) is 11.4 Å². The molecule has 0 bridgehead atoms. The van der Waals surface area contributed by atoms with Gasteiger partial charge in [-0.2, -0.15) is 5.26 Å². The second-order valence-corrected chi connectivity index (χ2v) is 4.58. The molecule has 0 saturated carbocycles. The number of rotatable bonds is 1. The van der Waals surface area contributed by atoms with Gasteiger partial charge >= 0.3 is 0 Å². The molecule has 6 heteroatoms. The first-order valence-electron chi connectivity index (χ1n) is 5.06. The molecule has 4 nitrogen and oxygen atoms in total. The number of benzene rings is 1. The minimum absolute atomic E-state index is 0.467. The average molecular weight is 277 g/mol. The zero-order valence-corrected chi connectivity index (χ0v) is 11.1. The van der Waals surface area contributed by atoms with E-state index in [0.29, 0.717) is 10.3 Å². The lowest BCUT2D eigenvalue weighted by Gasteiger charge is -2.02. The number of thioether (sulfide) groups is 1. The molecule has 0 fully saturated rings. The molecule has 1 aromatic carbocycles. The number of nitrogens with zero attached hydrogens (tertiary/aromatic N) is 3. The summed E-state index contributed by atoms with van der Waals surface area (Å²) in [6.45, 7) is 0. The van der Waals surface area contributed by atoms with E-state index in [1.807, 2.05) is 30.6 Å². The Bertz CT molecular complexity index is 648. The second kappa shape index (κ2) is 5.71. The Morgan fingerprint density at radius 2 is 2.28 bits per heavy atom. The van der Waals surface area contributed by atoms with Crippen LogP contribution in [0.1, 0.15) is 0 Å². The van der Waals surface area contributed by atoms with E-state index in [0.717, 1.165) is 16.5 Å². The number of aliphatic imine (C=N–C) groups is 1. The van der Waals surface area contributed by atoms with Crippen LogP contribution in [0, 0.1) is 11.5 Å². The van der Waals surface area contributed by atoms with E-state index in [2.05, 4.69) is 15.3 Å². The Kier molecular flexibility index (Phi) is 4.03. The molecule has 0 saturated heterocycles. The summed E-state index contributed by atoms with van der Waals surface area (Å²) in [4.78, 5) is 8.35. The Labute approximate surface area is 114 Å². The second-order valence-electron chi connectivity index (χ2n) is 3.40. The predicted octanol–water partition coefficient (Wildman–Crippen LogP) is 3.31. The minimum atomic E-state index is 0.467. The highest BCUT2D eigenvalue weighted by molar-refractivity contribution is 8.13. The van der Waals surface area contributed by atoms with Crippen molar-refractivity contribution in [2.45, 2.75) is 0 Å². The Morgan fingerprint density at radius 3 is 3.00 bits per heavy atom. The van der Waals surface area contributed by atoms with Crippen LogP contribution >= 0.6 is 23.4 Å². The van der Waals surface area contributed by atoms with Crippen molar-refractivity contribution in [1.29, 1.82) is 5.26 Å². The van der Waals surface area contributed by atoms with Gasteiger partial charge in [0.1, 0.15) is 5.15 Å². The number of aromatic nitrogens is 1. The highest BCUT2D eigenvalue weighted by Gasteiger charge is 2.00. The Morgan fingerprint density at radius 1 is 1.44 bits per heavy atom. The molecule has 1 heterocycles. The van der Waals surface area contributed by atoms with Gasteiger partial charge in [0.25, 0.3) is 0 Å². The van der Waals surface area contributed by atoms with Crippen LogP contribution in [0.25, 0.3) is 10.8 Å². The fourth-order valence-corrected chi connectivity index (χ4v) is 1.97. The third-order valence-corrected chi connectivity index (χ3v) is 3.05. The number of hydrogen-bond acceptors (Lipinski definition) is 4. The highest BCUT2D eigenvalue weighted by atomic mass is 35.5. The summed E-state index contributed by atoms with van der Waals surface area (Å²) in [7, 11) is 0. The SMILES string of the molecule is CSC(=Nc1ccc2cc(Cl)ncc2c1)NC#N. The highest BCUT2D eigenvalue weighted by Crippen LogP contribution is 2.23. The van der Waals surface area contributed by atoms with Crippen molar-refractivity contribution in [2.75, 3.05) is 6.26 Å². The van der Waals surface area contributed by atoms with Crippen LogP contribution in [0.15, 0.2) is 35.5 Å². The van der Waals surface area contributed by atoms with E-state index in [4.69, 9.17) is 16.9 Å².